The lowest BCUT2D eigenvalue weighted by Gasteiger charge is -2.36. The smallest absolute Gasteiger partial charge is 0.323 e. The Morgan fingerprint density at radius 2 is 2.00 bits per heavy atom. The molecule has 106 valence electrons. The minimum atomic E-state index is -0.807. The third kappa shape index (κ3) is 3.93. The summed E-state index contributed by atoms with van der Waals surface area (Å²) in [6.07, 6.45) is 3.00. The number of carbonyl (C=O) groups is 1. The van der Waals surface area contributed by atoms with Crippen LogP contribution >= 0.6 is 0 Å². The molecule has 0 aromatic heterocycles. The Kier molecular flexibility index (Phi) is 5.56. The summed E-state index contributed by atoms with van der Waals surface area (Å²) in [7, 11) is 5.97. The highest BCUT2D eigenvalue weighted by atomic mass is 16.4. The molecular formula is C13H27N3O2. The monoisotopic (exact) mass is 257 g/mol. The van der Waals surface area contributed by atoms with Gasteiger partial charge in [-0.25, -0.2) is 0 Å². The quantitative estimate of drug-likeness (QED) is 0.724. The van der Waals surface area contributed by atoms with Crippen molar-refractivity contribution < 1.29 is 9.90 Å². The van der Waals surface area contributed by atoms with Gasteiger partial charge in [-0.15, -0.1) is 0 Å². The normalized spacial score (nSPS) is 22.1. The SMILES string of the molecule is CNC(C)(CCN1CCC(N(C)C)CC1)C(=O)O. The van der Waals surface area contributed by atoms with Gasteiger partial charge >= 0.3 is 5.97 Å². The fraction of sp³-hybridized carbons (Fsp3) is 0.923. The zero-order valence-electron chi connectivity index (χ0n) is 12.1. The average Bonchev–Trinajstić information content (AvgIpc) is 2.36. The first-order valence-corrected chi connectivity index (χ1v) is 6.70. The van der Waals surface area contributed by atoms with E-state index in [9.17, 15) is 9.90 Å². The van der Waals surface area contributed by atoms with Crippen LogP contribution in [0.25, 0.3) is 0 Å². The third-order valence-corrected chi connectivity index (χ3v) is 4.24. The summed E-state index contributed by atoms with van der Waals surface area (Å²) >= 11 is 0. The second-order valence-electron chi connectivity index (χ2n) is 5.67. The number of likely N-dealkylation sites (tertiary alicyclic amines) is 1. The Morgan fingerprint density at radius 3 is 2.39 bits per heavy atom. The number of piperidine rings is 1. The maximum atomic E-state index is 11.2. The van der Waals surface area contributed by atoms with E-state index in [-0.39, 0.29) is 0 Å². The molecule has 0 amide bonds. The molecule has 1 fully saturated rings. The summed E-state index contributed by atoms with van der Waals surface area (Å²) in [5.41, 5.74) is -0.807. The first kappa shape index (κ1) is 15.4. The van der Waals surface area contributed by atoms with E-state index >= 15 is 0 Å². The lowest BCUT2D eigenvalue weighted by atomic mass is 9.96. The van der Waals surface area contributed by atoms with E-state index in [0.29, 0.717) is 12.5 Å². The van der Waals surface area contributed by atoms with Gasteiger partial charge in [0.2, 0.25) is 0 Å². The highest BCUT2D eigenvalue weighted by Crippen LogP contribution is 2.17. The van der Waals surface area contributed by atoms with Crippen molar-refractivity contribution in [2.45, 2.75) is 37.8 Å². The number of rotatable bonds is 6. The van der Waals surface area contributed by atoms with Crippen molar-refractivity contribution in [2.24, 2.45) is 0 Å². The number of nitrogens with one attached hydrogen (secondary N) is 1. The van der Waals surface area contributed by atoms with Gasteiger partial charge in [0.25, 0.3) is 0 Å². The number of carboxylic acid groups (broad SMARTS) is 1. The Balaban J connectivity index is 2.35. The van der Waals surface area contributed by atoms with Gasteiger partial charge in [0.15, 0.2) is 0 Å². The Morgan fingerprint density at radius 1 is 1.44 bits per heavy atom. The van der Waals surface area contributed by atoms with Crippen LogP contribution in [0.3, 0.4) is 0 Å². The van der Waals surface area contributed by atoms with Crippen molar-refractivity contribution in [3.63, 3.8) is 0 Å². The summed E-state index contributed by atoms with van der Waals surface area (Å²) < 4.78 is 0. The van der Waals surface area contributed by atoms with Crippen molar-refractivity contribution in [1.29, 1.82) is 0 Å². The van der Waals surface area contributed by atoms with E-state index < -0.39 is 11.5 Å². The molecular weight excluding hydrogens is 230 g/mol. The predicted octanol–water partition coefficient (Wildman–Crippen LogP) is 0.465. The summed E-state index contributed by atoms with van der Waals surface area (Å²) in [5, 5.41) is 12.1. The van der Waals surface area contributed by atoms with E-state index in [4.69, 9.17) is 0 Å². The van der Waals surface area contributed by atoms with Crippen LogP contribution in [0.1, 0.15) is 26.2 Å². The molecule has 0 aliphatic carbocycles. The van der Waals surface area contributed by atoms with E-state index in [1.807, 2.05) is 0 Å². The number of hydrogen-bond acceptors (Lipinski definition) is 4. The van der Waals surface area contributed by atoms with Gasteiger partial charge in [-0.2, -0.15) is 0 Å². The van der Waals surface area contributed by atoms with Gasteiger partial charge in [0.1, 0.15) is 5.54 Å². The fourth-order valence-electron chi connectivity index (χ4n) is 2.38. The van der Waals surface area contributed by atoms with Crippen LogP contribution in [0.2, 0.25) is 0 Å². The lowest BCUT2D eigenvalue weighted by Crippen LogP contribution is -2.50. The largest absolute Gasteiger partial charge is 0.480 e. The summed E-state index contributed by atoms with van der Waals surface area (Å²) in [6, 6.07) is 0.677. The predicted molar refractivity (Wildman–Crippen MR) is 72.9 cm³/mol. The van der Waals surface area contributed by atoms with E-state index in [2.05, 4.69) is 29.2 Å². The molecule has 1 saturated heterocycles. The Labute approximate surface area is 110 Å². The van der Waals surface area contributed by atoms with Crippen LogP contribution in [0.5, 0.6) is 0 Å². The molecule has 1 unspecified atom stereocenters. The zero-order valence-corrected chi connectivity index (χ0v) is 12.1. The highest BCUT2D eigenvalue weighted by Gasteiger charge is 2.32. The maximum Gasteiger partial charge on any atom is 0.323 e. The average molecular weight is 257 g/mol. The van der Waals surface area contributed by atoms with Crippen LogP contribution in [0, 0.1) is 0 Å². The van der Waals surface area contributed by atoms with Crippen LogP contribution < -0.4 is 5.32 Å². The molecule has 0 spiro atoms. The highest BCUT2D eigenvalue weighted by molar-refractivity contribution is 5.78. The minimum absolute atomic E-state index is 0.644. The van der Waals surface area contributed by atoms with Gasteiger partial charge in [0, 0.05) is 12.6 Å². The number of carboxylic acids is 1. The molecule has 0 saturated carbocycles. The number of likely N-dealkylation sites (N-methyl/N-ethyl adjacent to an activating group) is 1. The summed E-state index contributed by atoms with van der Waals surface area (Å²) in [5.74, 6) is -0.770. The summed E-state index contributed by atoms with van der Waals surface area (Å²) in [4.78, 5) is 15.8. The molecule has 1 aliphatic heterocycles. The molecule has 0 radical (unpaired) electrons. The van der Waals surface area contributed by atoms with E-state index in [1.54, 1.807) is 14.0 Å². The van der Waals surface area contributed by atoms with Gasteiger partial charge in [-0.1, -0.05) is 0 Å². The van der Waals surface area contributed by atoms with Gasteiger partial charge in [-0.05, 0) is 60.4 Å². The van der Waals surface area contributed by atoms with E-state index in [0.717, 1.165) is 19.6 Å². The third-order valence-electron chi connectivity index (χ3n) is 4.24. The maximum absolute atomic E-state index is 11.2. The van der Waals surface area contributed by atoms with Crippen molar-refractivity contribution in [1.82, 2.24) is 15.1 Å². The molecule has 1 heterocycles. The molecule has 0 aromatic carbocycles. The molecule has 18 heavy (non-hydrogen) atoms. The van der Waals surface area contributed by atoms with Crippen LogP contribution in [-0.2, 0) is 4.79 Å². The molecule has 0 aromatic rings. The molecule has 1 aliphatic rings. The Bertz CT molecular complexity index is 275. The fourth-order valence-corrected chi connectivity index (χ4v) is 2.38. The number of aliphatic carboxylic acids is 1. The van der Waals surface area contributed by atoms with E-state index in [1.165, 1.54) is 12.8 Å². The first-order valence-electron chi connectivity index (χ1n) is 6.70. The minimum Gasteiger partial charge on any atom is -0.480 e. The molecule has 5 heteroatoms. The van der Waals surface area contributed by atoms with Crippen LogP contribution in [0.4, 0.5) is 0 Å². The van der Waals surface area contributed by atoms with Crippen molar-refractivity contribution in [3.05, 3.63) is 0 Å². The Hall–Kier alpha value is -0.650. The molecule has 5 nitrogen and oxygen atoms in total. The first-order chi connectivity index (χ1) is 8.39. The number of nitrogens with zero attached hydrogens (tertiary/aromatic N) is 2. The molecule has 0 bridgehead atoms. The molecule has 1 atom stereocenters. The lowest BCUT2D eigenvalue weighted by molar-refractivity contribution is -0.144. The van der Waals surface area contributed by atoms with Crippen molar-refractivity contribution >= 4 is 5.97 Å². The van der Waals surface area contributed by atoms with Crippen LogP contribution in [-0.4, -0.2) is 73.2 Å². The topological polar surface area (TPSA) is 55.8 Å². The van der Waals surface area contributed by atoms with Gasteiger partial charge < -0.3 is 20.2 Å². The van der Waals surface area contributed by atoms with Crippen LogP contribution in [0.15, 0.2) is 0 Å². The van der Waals surface area contributed by atoms with Crippen molar-refractivity contribution in [2.75, 3.05) is 40.8 Å². The molecule has 2 N–H and O–H groups in total. The summed E-state index contributed by atoms with van der Waals surface area (Å²) in [6.45, 7) is 4.75. The molecule has 1 rings (SSSR count). The number of hydrogen-bond donors (Lipinski definition) is 2. The van der Waals surface area contributed by atoms with Crippen molar-refractivity contribution in [3.8, 4) is 0 Å². The second-order valence-corrected chi connectivity index (χ2v) is 5.67. The standard InChI is InChI=1S/C13H27N3O2/c1-13(14-2,12(17)18)7-10-16-8-5-11(6-9-16)15(3)4/h11,14H,5-10H2,1-4H3,(H,17,18). The van der Waals surface area contributed by atoms with Gasteiger partial charge in [-0.3, -0.25) is 4.79 Å². The zero-order chi connectivity index (χ0) is 13.8. The van der Waals surface area contributed by atoms with Gasteiger partial charge in [0.05, 0.1) is 0 Å². The second kappa shape index (κ2) is 6.50.